The summed E-state index contributed by atoms with van der Waals surface area (Å²) in [6.45, 7) is 2.13. The first-order valence-corrected chi connectivity index (χ1v) is 5.67. The predicted octanol–water partition coefficient (Wildman–Crippen LogP) is 3.99. The fraction of sp³-hybridized carbons (Fsp3) is 0.357. The minimum Gasteiger partial charge on any atom is -0.298 e. The highest BCUT2D eigenvalue weighted by Crippen LogP contribution is 2.12. The summed E-state index contributed by atoms with van der Waals surface area (Å²) in [6.07, 6.45) is 6.81. The van der Waals surface area contributed by atoms with Crippen molar-refractivity contribution in [2.24, 2.45) is 0 Å². The Morgan fingerprint density at radius 1 is 1.25 bits per heavy atom. The second kappa shape index (κ2) is 6.94. The second-order valence-corrected chi connectivity index (χ2v) is 3.85. The molecule has 16 heavy (non-hydrogen) atoms. The van der Waals surface area contributed by atoms with E-state index in [2.05, 4.69) is 6.92 Å². The number of aldehydes is 1. The van der Waals surface area contributed by atoms with Gasteiger partial charge in [0.1, 0.15) is 12.1 Å². The number of hydrogen-bond acceptors (Lipinski definition) is 1. The monoisotopic (exact) mass is 220 g/mol. The van der Waals surface area contributed by atoms with Crippen LogP contribution in [0.4, 0.5) is 4.39 Å². The Balaban J connectivity index is 2.64. The first-order chi connectivity index (χ1) is 7.76. The van der Waals surface area contributed by atoms with Crippen molar-refractivity contribution in [1.29, 1.82) is 0 Å². The van der Waals surface area contributed by atoms with Crippen molar-refractivity contribution < 1.29 is 9.18 Å². The van der Waals surface area contributed by atoms with Crippen LogP contribution in [0.1, 0.15) is 38.2 Å². The van der Waals surface area contributed by atoms with Crippen LogP contribution in [0.3, 0.4) is 0 Å². The second-order valence-electron chi connectivity index (χ2n) is 3.85. The van der Waals surface area contributed by atoms with Crippen molar-refractivity contribution in [2.45, 2.75) is 32.6 Å². The summed E-state index contributed by atoms with van der Waals surface area (Å²) in [5.74, 6) is -0.254. The molecule has 0 radical (unpaired) electrons. The lowest BCUT2D eigenvalue weighted by atomic mass is 10.1. The quantitative estimate of drug-likeness (QED) is 0.402. The average molecular weight is 220 g/mol. The Kier molecular flexibility index (Phi) is 5.48. The minimum absolute atomic E-state index is 0.254. The summed E-state index contributed by atoms with van der Waals surface area (Å²) in [4.78, 5) is 10.8. The van der Waals surface area contributed by atoms with Gasteiger partial charge in [-0.1, -0.05) is 31.9 Å². The van der Waals surface area contributed by atoms with Crippen molar-refractivity contribution in [2.75, 3.05) is 0 Å². The van der Waals surface area contributed by atoms with E-state index < -0.39 is 0 Å². The van der Waals surface area contributed by atoms with E-state index in [1.54, 1.807) is 12.1 Å². The Morgan fingerprint density at radius 3 is 2.50 bits per heavy atom. The zero-order valence-corrected chi connectivity index (χ0v) is 9.58. The maximum atomic E-state index is 12.7. The van der Waals surface area contributed by atoms with Crippen LogP contribution < -0.4 is 0 Å². The highest BCUT2D eigenvalue weighted by molar-refractivity contribution is 5.81. The molecule has 0 aromatic heterocycles. The molecule has 0 amide bonds. The van der Waals surface area contributed by atoms with Gasteiger partial charge in [-0.25, -0.2) is 4.39 Å². The van der Waals surface area contributed by atoms with E-state index in [0.29, 0.717) is 0 Å². The number of allylic oxidation sites excluding steroid dienone is 1. The Morgan fingerprint density at radius 2 is 1.94 bits per heavy atom. The van der Waals surface area contributed by atoms with Crippen molar-refractivity contribution in [3.63, 3.8) is 0 Å². The maximum absolute atomic E-state index is 12.7. The Labute approximate surface area is 96.0 Å². The third-order valence-corrected chi connectivity index (χ3v) is 2.44. The lowest BCUT2D eigenvalue weighted by Gasteiger charge is -2.00. The summed E-state index contributed by atoms with van der Waals surface area (Å²) < 4.78 is 12.7. The van der Waals surface area contributed by atoms with Crippen LogP contribution in [0.15, 0.2) is 29.8 Å². The molecule has 0 spiro atoms. The SMILES string of the molecule is CCCCC/C(C=O)=C\c1ccc(F)cc1. The van der Waals surface area contributed by atoms with Crippen molar-refractivity contribution in [1.82, 2.24) is 0 Å². The number of carbonyl (C=O) groups is 1. The first kappa shape index (κ1) is 12.6. The Hall–Kier alpha value is -1.44. The van der Waals surface area contributed by atoms with Gasteiger partial charge in [0.05, 0.1) is 0 Å². The van der Waals surface area contributed by atoms with Gasteiger partial charge in [-0.3, -0.25) is 4.79 Å². The van der Waals surface area contributed by atoms with E-state index in [4.69, 9.17) is 0 Å². The van der Waals surface area contributed by atoms with Crippen LogP contribution in [0, 0.1) is 5.82 Å². The molecule has 0 unspecified atom stereocenters. The molecule has 0 aliphatic carbocycles. The van der Waals surface area contributed by atoms with Crippen molar-refractivity contribution in [3.05, 3.63) is 41.2 Å². The summed E-state index contributed by atoms with van der Waals surface area (Å²) in [5, 5.41) is 0. The molecule has 0 bridgehead atoms. The Bertz CT molecular complexity index is 352. The van der Waals surface area contributed by atoms with Crippen LogP contribution in [0.5, 0.6) is 0 Å². The lowest BCUT2D eigenvalue weighted by molar-refractivity contribution is -0.105. The standard InChI is InChI=1S/C14H17FO/c1-2-3-4-5-13(11-16)10-12-6-8-14(15)9-7-12/h6-11H,2-5H2,1H3/b13-10+. The third kappa shape index (κ3) is 4.39. The summed E-state index contributed by atoms with van der Waals surface area (Å²) in [6, 6.07) is 6.16. The van der Waals surface area contributed by atoms with Gasteiger partial charge in [-0.15, -0.1) is 0 Å². The zero-order valence-electron chi connectivity index (χ0n) is 9.58. The number of halogens is 1. The van der Waals surface area contributed by atoms with E-state index >= 15 is 0 Å². The van der Waals surface area contributed by atoms with Crippen LogP contribution in [0.2, 0.25) is 0 Å². The number of carbonyl (C=O) groups excluding carboxylic acids is 1. The smallest absolute Gasteiger partial charge is 0.146 e. The predicted molar refractivity (Wildman–Crippen MR) is 64.6 cm³/mol. The molecule has 0 heterocycles. The molecule has 0 aliphatic heterocycles. The first-order valence-electron chi connectivity index (χ1n) is 5.67. The maximum Gasteiger partial charge on any atom is 0.146 e. The molecule has 0 saturated carbocycles. The molecule has 0 fully saturated rings. The zero-order chi connectivity index (χ0) is 11.8. The molecular formula is C14H17FO. The largest absolute Gasteiger partial charge is 0.298 e. The average Bonchev–Trinajstić information content (AvgIpc) is 2.31. The van der Waals surface area contributed by atoms with Crippen LogP contribution >= 0.6 is 0 Å². The van der Waals surface area contributed by atoms with E-state index in [-0.39, 0.29) is 5.82 Å². The van der Waals surface area contributed by atoms with E-state index in [1.807, 2.05) is 6.08 Å². The number of benzene rings is 1. The third-order valence-electron chi connectivity index (χ3n) is 2.44. The fourth-order valence-electron chi connectivity index (χ4n) is 1.52. The normalized spacial score (nSPS) is 11.5. The molecule has 0 N–H and O–H groups in total. The molecule has 0 saturated heterocycles. The van der Waals surface area contributed by atoms with Gasteiger partial charge >= 0.3 is 0 Å². The molecule has 1 aromatic carbocycles. The van der Waals surface area contributed by atoms with Gasteiger partial charge in [0.15, 0.2) is 0 Å². The van der Waals surface area contributed by atoms with Gasteiger partial charge in [-0.2, -0.15) is 0 Å². The van der Waals surface area contributed by atoms with Crippen molar-refractivity contribution in [3.8, 4) is 0 Å². The van der Waals surface area contributed by atoms with E-state index in [0.717, 1.165) is 43.1 Å². The van der Waals surface area contributed by atoms with Gasteiger partial charge in [0.2, 0.25) is 0 Å². The van der Waals surface area contributed by atoms with E-state index in [1.165, 1.54) is 12.1 Å². The topological polar surface area (TPSA) is 17.1 Å². The van der Waals surface area contributed by atoms with Crippen molar-refractivity contribution >= 4 is 12.4 Å². The van der Waals surface area contributed by atoms with Crippen LogP contribution in [-0.2, 0) is 4.79 Å². The molecule has 2 heteroatoms. The minimum atomic E-state index is -0.254. The molecule has 1 aromatic rings. The van der Waals surface area contributed by atoms with Gasteiger partial charge in [0, 0.05) is 0 Å². The van der Waals surface area contributed by atoms with Crippen LogP contribution in [0.25, 0.3) is 6.08 Å². The number of rotatable bonds is 6. The highest BCUT2D eigenvalue weighted by Gasteiger charge is 1.97. The molecular weight excluding hydrogens is 203 g/mol. The summed E-state index contributed by atoms with van der Waals surface area (Å²) in [7, 11) is 0. The highest BCUT2D eigenvalue weighted by atomic mass is 19.1. The van der Waals surface area contributed by atoms with Gasteiger partial charge in [0.25, 0.3) is 0 Å². The molecule has 1 nitrogen and oxygen atoms in total. The van der Waals surface area contributed by atoms with Gasteiger partial charge in [-0.05, 0) is 42.2 Å². The van der Waals surface area contributed by atoms with Gasteiger partial charge < -0.3 is 0 Å². The lowest BCUT2D eigenvalue weighted by Crippen LogP contribution is -1.86. The summed E-state index contributed by atoms with van der Waals surface area (Å²) in [5.41, 5.74) is 1.65. The number of hydrogen-bond donors (Lipinski definition) is 0. The molecule has 0 atom stereocenters. The molecule has 0 aliphatic rings. The molecule has 1 rings (SSSR count). The number of unbranched alkanes of at least 4 members (excludes halogenated alkanes) is 2. The van der Waals surface area contributed by atoms with Crippen LogP contribution in [-0.4, -0.2) is 6.29 Å². The van der Waals surface area contributed by atoms with E-state index in [9.17, 15) is 9.18 Å². The fourth-order valence-corrected chi connectivity index (χ4v) is 1.52. The summed E-state index contributed by atoms with van der Waals surface area (Å²) >= 11 is 0. The molecule has 86 valence electrons.